The molecule has 0 aromatic carbocycles. The van der Waals surface area contributed by atoms with Crippen molar-refractivity contribution in [3.63, 3.8) is 0 Å². The molecule has 126 valence electrons. The fourth-order valence-electron chi connectivity index (χ4n) is 3.79. The van der Waals surface area contributed by atoms with E-state index in [1.54, 1.807) is 18.6 Å². The molecule has 0 N–H and O–H groups in total. The maximum absolute atomic E-state index is 12.9. The summed E-state index contributed by atoms with van der Waals surface area (Å²) in [6.07, 6.45) is 7.11. The molecule has 2 atom stereocenters. The number of carbonyl (C=O) groups excluding carboxylic acids is 1. The van der Waals surface area contributed by atoms with Gasteiger partial charge in [-0.15, -0.1) is 0 Å². The van der Waals surface area contributed by atoms with Crippen molar-refractivity contribution < 1.29 is 9.32 Å². The van der Waals surface area contributed by atoms with Crippen LogP contribution in [0.4, 0.5) is 5.82 Å². The number of anilines is 1. The first-order valence-electron chi connectivity index (χ1n) is 8.36. The molecule has 24 heavy (non-hydrogen) atoms. The molecule has 1 amide bonds. The first-order valence-corrected chi connectivity index (χ1v) is 8.36. The highest BCUT2D eigenvalue weighted by atomic mass is 16.5. The van der Waals surface area contributed by atoms with E-state index in [9.17, 15) is 4.79 Å². The number of amides is 1. The van der Waals surface area contributed by atoms with Crippen molar-refractivity contribution in [2.45, 2.75) is 39.3 Å². The molecule has 3 aliphatic heterocycles. The van der Waals surface area contributed by atoms with E-state index < -0.39 is 0 Å². The molecule has 2 aromatic heterocycles. The minimum Gasteiger partial charge on any atom is -0.361 e. The lowest BCUT2D eigenvalue weighted by molar-refractivity contribution is -0.140. The molecular formula is C17H21N5O2. The van der Waals surface area contributed by atoms with E-state index in [0.29, 0.717) is 13.1 Å². The van der Waals surface area contributed by atoms with Crippen LogP contribution in [0, 0.1) is 19.8 Å². The third-order valence-electron chi connectivity index (χ3n) is 5.18. The van der Waals surface area contributed by atoms with Crippen molar-refractivity contribution in [1.29, 1.82) is 0 Å². The van der Waals surface area contributed by atoms with Crippen molar-refractivity contribution in [2.75, 3.05) is 18.0 Å². The zero-order chi connectivity index (χ0) is 16.7. The molecule has 2 aromatic rings. The van der Waals surface area contributed by atoms with Crippen molar-refractivity contribution in [3.8, 4) is 0 Å². The summed E-state index contributed by atoms with van der Waals surface area (Å²) in [7, 11) is 0. The van der Waals surface area contributed by atoms with Gasteiger partial charge in [-0.2, -0.15) is 0 Å². The minimum absolute atomic E-state index is 0.0197. The van der Waals surface area contributed by atoms with Crippen molar-refractivity contribution in [1.82, 2.24) is 20.0 Å². The number of fused-ring (bicyclic) bond motifs is 4. The summed E-state index contributed by atoms with van der Waals surface area (Å²) in [6.45, 7) is 5.92. The quantitative estimate of drug-likeness (QED) is 0.854. The van der Waals surface area contributed by atoms with Gasteiger partial charge < -0.3 is 14.3 Å². The maximum Gasteiger partial charge on any atom is 0.228 e. The van der Waals surface area contributed by atoms with E-state index >= 15 is 0 Å². The van der Waals surface area contributed by atoms with Crippen LogP contribution in [-0.2, 0) is 11.3 Å². The van der Waals surface area contributed by atoms with E-state index in [1.165, 1.54) is 0 Å². The van der Waals surface area contributed by atoms with E-state index in [1.807, 2.05) is 18.7 Å². The Kier molecular flexibility index (Phi) is 3.70. The Morgan fingerprint density at radius 1 is 1.25 bits per heavy atom. The van der Waals surface area contributed by atoms with Crippen LogP contribution in [0.3, 0.4) is 0 Å². The third-order valence-corrected chi connectivity index (χ3v) is 5.18. The van der Waals surface area contributed by atoms with Gasteiger partial charge in [-0.3, -0.25) is 9.78 Å². The van der Waals surface area contributed by atoms with Gasteiger partial charge in [-0.25, -0.2) is 4.98 Å². The van der Waals surface area contributed by atoms with Crippen LogP contribution >= 0.6 is 0 Å². The van der Waals surface area contributed by atoms with Crippen molar-refractivity contribution in [2.24, 2.45) is 5.92 Å². The summed E-state index contributed by atoms with van der Waals surface area (Å²) in [4.78, 5) is 25.7. The maximum atomic E-state index is 12.9. The van der Waals surface area contributed by atoms with Crippen LogP contribution < -0.4 is 4.90 Å². The number of aromatic nitrogens is 3. The zero-order valence-corrected chi connectivity index (χ0v) is 14.0. The topological polar surface area (TPSA) is 75.4 Å². The number of hydrogen-bond acceptors (Lipinski definition) is 6. The van der Waals surface area contributed by atoms with Crippen LogP contribution in [0.15, 0.2) is 23.1 Å². The summed E-state index contributed by atoms with van der Waals surface area (Å²) in [5, 5.41) is 4.01. The Morgan fingerprint density at radius 2 is 2.12 bits per heavy atom. The summed E-state index contributed by atoms with van der Waals surface area (Å²) in [5.74, 6) is 1.90. The molecule has 5 heterocycles. The number of aryl methyl sites for hydroxylation is 2. The molecule has 0 spiro atoms. The van der Waals surface area contributed by atoms with Crippen LogP contribution in [-0.4, -0.2) is 45.1 Å². The molecule has 3 fully saturated rings. The second kappa shape index (κ2) is 5.89. The van der Waals surface area contributed by atoms with Crippen LogP contribution in [0.1, 0.15) is 29.9 Å². The van der Waals surface area contributed by atoms with Crippen molar-refractivity contribution in [3.05, 3.63) is 35.6 Å². The Morgan fingerprint density at radius 3 is 2.83 bits per heavy atom. The van der Waals surface area contributed by atoms with Crippen LogP contribution in [0.2, 0.25) is 0 Å². The average Bonchev–Trinajstić information content (AvgIpc) is 2.79. The largest absolute Gasteiger partial charge is 0.361 e. The number of piperidine rings is 1. The van der Waals surface area contributed by atoms with Gasteiger partial charge >= 0.3 is 0 Å². The number of carbonyl (C=O) groups is 1. The lowest BCUT2D eigenvalue weighted by atomic mass is 9.93. The second-order valence-corrected chi connectivity index (χ2v) is 6.67. The summed E-state index contributed by atoms with van der Waals surface area (Å²) < 4.78 is 5.26. The SMILES string of the molecule is Cc1noc(C)c1CN1C(=O)C2CCC1CN(c1cnccn1)C2. The van der Waals surface area contributed by atoms with Gasteiger partial charge in [0, 0.05) is 37.1 Å². The Labute approximate surface area is 140 Å². The normalized spacial score (nSPS) is 23.7. The number of rotatable bonds is 3. The minimum atomic E-state index is 0.0197. The predicted octanol–water partition coefficient (Wildman–Crippen LogP) is 1.71. The standard InChI is InChI=1S/C17H21N5O2/c1-11-15(12(2)24-20-11)10-22-14-4-3-13(17(22)23)8-21(9-14)16-7-18-5-6-19-16/h5-7,13-14H,3-4,8-10H2,1-2H3. The number of nitrogens with zero attached hydrogens (tertiary/aromatic N) is 5. The fraction of sp³-hybridized carbons (Fsp3) is 0.529. The summed E-state index contributed by atoms with van der Waals surface area (Å²) in [6, 6.07) is 0.187. The highest BCUT2D eigenvalue weighted by molar-refractivity contribution is 5.81. The first-order chi connectivity index (χ1) is 11.6. The van der Waals surface area contributed by atoms with E-state index in [0.717, 1.165) is 42.2 Å². The Bertz CT molecular complexity index is 725. The average molecular weight is 327 g/mol. The molecule has 0 aliphatic carbocycles. The lowest BCUT2D eigenvalue weighted by Crippen LogP contribution is -2.47. The molecule has 2 bridgehead atoms. The van der Waals surface area contributed by atoms with E-state index in [4.69, 9.17) is 4.52 Å². The summed E-state index contributed by atoms with van der Waals surface area (Å²) in [5.41, 5.74) is 1.90. The van der Waals surface area contributed by atoms with Gasteiger partial charge in [0.15, 0.2) is 0 Å². The first kappa shape index (κ1) is 15.1. The molecular weight excluding hydrogens is 306 g/mol. The van der Waals surface area contributed by atoms with Gasteiger partial charge in [0.2, 0.25) is 5.91 Å². The third kappa shape index (κ3) is 2.53. The molecule has 2 unspecified atom stereocenters. The van der Waals surface area contributed by atoms with Gasteiger partial charge in [-0.1, -0.05) is 5.16 Å². The number of hydrogen-bond donors (Lipinski definition) is 0. The Hall–Kier alpha value is -2.44. The smallest absolute Gasteiger partial charge is 0.228 e. The van der Waals surface area contributed by atoms with Crippen molar-refractivity contribution >= 4 is 11.7 Å². The van der Waals surface area contributed by atoms with Gasteiger partial charge in [-0.05, 0) is 26.7 Å². The predicted molar refractivity (Wildman–Crippen MR) is 87.3 cm³/mol. The molecule has 3 saturated heterocycles. The molecule has 7 nitrogen and oxygen atoms in total. The molecule has 0 radical (unpaired) electrons. The van der Waals surface area contributed by atoms with E-state index in [2.05, 4.69) is 20.0 Å². The van der Waals surface area contributed by atoms with Gasteiger partial charge in [0.25, 0.3) is 0 Å². The zero-order valence-electron chi connectivity index (χ0n) is 14.0. The Balaban J connectivity index is 1.60. The van der Waals surface area contributed by atoms with E-state index in [-0.39, 0.29) is 17.9 Å². The van der Waals surface area contributed by atoms with Gasteiger partial charge in [0.1, 0.15) is 11.6 Å². The van der Waals surface area contributed by atoms with Crippen LogP contribution in [0.5, 0.6) is 0 Å². The fourth-order valence-corrected chi connectivity index (χ4v) is 3.79. The monoisotopic (exact) mass is 327 g/mol. The summed E-state index contributed by atoms with van der Waals surface area (Å²) >= 11 is 0. The van der Waals surface area contributed by atoms with Gasteiger partial charge in [0.05, 0.1) is 24.4 Å². The highest BCUT2D eigenvalue weighted by Gasteiger charge is 2.41. The second-order valence-electron chi connectivity index (χ2n) is 6.67. The molecule has 7 heteroatoms. The van der Waals surface area contributed by atoms with Crippen LogP contribution in [0.25, 0.3) is 0 Å². The molecule has 0 saturated carbocycles. The molecule has 3 aliphatic rings. The lowest BCUT2D eigenvalue weighted by Gasteiger charge is -2.35. The highest BCUT2D eigenvalue weighted by Crippen LogP contribution is 2.32. The molecule has 5 rings (SSSR count).